The van der Waals surface area contributed by atoms with Crippen LogP contribution in [0.25, 0.3) is 0 Å². The molecule has 0 radical (unpaired) electrons. The van der Waals surface area contributed by atoms with E-state index in [-0.39, 0.29) is 24.9 Å². The number of aliphatic hydroxyl groups is 4. The summed E-state index contributed by atoms with van der Waals surface area (Å²) in [5.41, 5.74) is -0.252. The molecular weight excluding hydrogens is 748 g/mol. The molecule has 8 aliphatic rings. The molecule has 1 saturated carbocycles. The maximum atomic E-state index is 13.8. The van der Waals surface area contributed by atoms with Gasteiger partial charge in [-0.1, -0.05) is 18.6 Å². The lowest BCUT2D eigenvalue weighted by molar-refractivity contribution is -0.338. The van der Waals surface area contributed by atoms with E-state index in [9.17, 15) is 25.2 Å². The fraction of sp³-hybridized carbons (Fsp3) is 0.878. The Morgan fingerprint density at radius 1 is 0.789 bits per heavy atom. The third-order valence-corrected chi connectivity index (χ3v) is 14.5. The molecule has 6 fully saturated rings. The molecule has 5 saturated heterocycles. The van der Waals surface area contributed by atoms with Gasteiger partial charge in [0.05, 0.1) is 67.6 Å². The van der Waals surface area contributed by atoms with Crippen molar-refractivity contribution in [3.8, 4) is 0 Å². The van der Waals surface area contributed by atoms with E-state index in [2.05, 4.69) is 13.0 Å². The minimum absolute atomic E-state index is 0.0502. The Balaban J connectivity index is 0.874. The summed E-state index contributed by atoms with van der Waals surface area (Å²) in [7, 11) is 3.14. The number of allylic oxidation sites excluding steroid dienone is 1. The summed E-state index contributed by atoms with van der Waals surface area (Å²) in [6.07, 6.45) is -2.71. The van der Waals surface area contributed by atoms with Crippen molar-refractivity contribution in [2.24, 2.45) is 17.3 Å². The molecule has 322 valence electrons. The largest absolute Gasteiger partial charge is 0.466 e. The van der Waals surface area contributed by atoms with E-state index in [0.717, 1.165) is 5.57 Å². The van der Waals surface area contributed by atoms with Crippen LogP contribution in [0.2, 0.25) is 0 Å². The zero-order chi connectivity index (χ0) is 40.6. The number of rotatable bonds is 8. The number of methoxy groups -OCH3 is 2. The molecule has 8 rings (SSSR count). The molecule has 57 heavy (non-hydrogen) atoms. The van der Waals surface area contributed by atoms with Crippen LogP contribution >= 0.6 is 0 Å². The maximum Gasteiger partial charge on any atom is 0.310 e. The first kappa shape index (κ1) is 41.9. The number of fused-ring (bicyclic) bond motifs is 3. The van der Waals surface area contributed by atoms with Crippen molar-refractivity contribution in [3.63, 3.8) is 0 Å². The van der Waals surface area contributed by atoms with Crippen LogP contribution in [0.3, 0.4) is 0 Å². The first-order chi connectivity index (χ1) is 27.1. The van der Waals surface area contributed by atoms with Crippen molar-refractivity contribution in [2.45, 2.75) is 189 Å². The van der Waals surface area contributed by atoms with E-state index in [1.807, 2.05) is 13.8 Å². The summed E-state index contributed by atoms with van der Waals surface area (Å²) < 4.78 is 66.4. The van der Waals surface area contributed by atoms with Gasteiger partial charge < -0.3 is 72.5 Å². The van der Waals surface area contributed by atoms with Gasteiger partial charge in [0, 0.05) is 46.0 Å². The van der Waals surface area contributed by atoms with E-state index in [0.29, 0.717) is 50.5 Å². The third-order valence-electron chi connectivity index (χ3n) is 14.5. The second kappa shape index (κ2) is 15.9. The summed E-state index contributed by atoms with van der Waals surface area (Å²) in [5.74, 6) is -2.23. The fourth-order valence-corrected chi connectivity index (χ4v) is 11.0. The van der Waals surface area contributed by atoms with Crippen LogP contribution in [0.1, 0.15) is 86.0 Å². The molecule has 0 unspecified atom stereocenters. The summed E-state index contributed by atoms with van der Waals surface area (Å²) in [6.45, 7) is 9.29. The Bertz CT molecular complexity index is 1530. The van der Waals surface area contributed by atoms with E-state index in [1.54, 1.807) is 27.2 Å². The molecule has 0 aromatic carbocycles. The molecule has 4 N–H and O–H groups in total. The topological polar surface area (TPSA) is 200 Å². The first-order valence-corrected chi connectivity index (χ1v) is 20.7. The highest BCUT2D eigenvalue weighted by molar-refractivity contribution is 5.74. The standard InChI is InChI=1S/C41H62O16/c1-19-35(44)29(47-6)14-34(51-19)56-36-20(2)52-32(13-26(36)42)57-37-21(3)53-33(15-30(37)48-7)54-28-12-22-8-10-24-25(39(22,4)16-27(28)43)11-9-23-17-49-40(5)41(23,46)31(18-50-40)55-38(24)45/h8,17,19-21,24-37,42-44,46H,9-16,18H2,1-7H3/t19-,20+,21+,24+,25-,26-,27+,28+,29-,30-,31+,32-,33-,34-,35-,36+,37+,39-,40-,41-/m0/s1. The first-order valence-electron chi connectivity index (χ1n) is 20.7. The number of hydrogen-bond donors (Lipinski definition) is 4. The number of esters is 1. The highest BCUT2D eigenvalue weighted by atomic mass is 16.8. The number of aliphatic hydroxyl groups excluding tert-OH is 3. The number of carbonyl (C=O) groups excluding carboxylic acids is 1. The van der Waals surface area contributed by atoms with Crippen LogP contribution in [0.15, 0.2) is 23.5 Å². The normalized spacial score (nSPS) is 52.5. The Labute approximate surface area is 333 Å². The van der Waals surface area contributed by atoms with Gasteiger partial charge in [0.2, 0.25) is 5.79 Å². The monoisotopic (exact) mass is 810 g/mol. The molecule has 0 amide bonds. The summed E-state index contributed by atoms with van der Waals surface area (Å²) in [5, 5.41) is 45.0. The Hall–Kier alpha value is -1.77. The van der Waals surface area contributed by atoms with Crippen LogP contribution in [0.4, 0.5) is 0 Å². The second-order valence-electron chi connectivity index (χ2n) is 17.8. The molecule has 0 aromatic heterocycles. The van der Waals surface area contributed by atoms with Crippen LogP contribution in [0, 0.1) is 17.3 Å². The quantitative estimate of drug-likeness (QED) is 0.205. The molecule has 6 aliphatic heterocycles. The minimum atomic E-state index is -1.55. The highest BCUT2D eigenvalue weighted by Crippen LogP contribution is 2.58. The SMILES string of the molecule is CO[C@H]1C[C@H](O[C@H]2[C@@H](O)C[C@H](O[C@H]3[C@@H](OC)C[C@H](O[C@@H]4CC5=CC[C@H]6C(=O)O[C@@H]7CO[C@]8(C)OC=C(CC[C@@H]6[C@@]5(C)C[C@H]4O)[C@]78O)O[C@@H]3C)O[C@@H]2C)O[C@@H](C)[C@@H]1O. The third kappa shape index (κ3) is 7.31. The Morgan fingerprint density at radius 3 is 2.16 bits per heavy atom. The van der Waals surface area contributed by atoms with Gasteiger partial charge in [0.1, 0.15) is 18.3 Å². The minimum Gasteiger partial charge on any atom is -0.466 e. The molecule has 0 aromatic rings. The van der Waals surface area contributed by atoms with Crippen molar-refractivity contribution in [3.05, 3.63) is 23.5 Å². The van der Waals surface area contributed by atoms with Gasteiger partial charge >= 0.3 is 5.97 Å². The lowest BCUT2D eigenvalue weighted by atomic mass is 9.55. The molecular formula is C41H62O16. The van der Waals surface area contributed by atoms with Crippen LogP contribution in [-0.2, 0) is 56.9 Å². The molecule has 16 nitrogen and oxygen atoms in total. The molecule has 6 heterocycles. The Morgan fingerprint density at radius 2 is 1.44 bits per heavy atom. The average molecular weight is 811 g/mol. The van der Waals surface area contributed by atoms with E-state index in [4.69, 9.17) is 52.1 Å². The lowest BCUT2D eigenvalue weighted by Gasteiger charge is -2.52. The van der Waals surface area contributed by atoms with Crippen LogP contribution in [0.5, 0.6) is 0 Å². The summed E-state index contributed by atoms with van der Waals surface area (Å²) in [6, 6.07) is 0. The van der Waals surface area contributed by atoms with Crippen LogP contribution < -0.4 is 0 Å². The van der Waals surface area contributed by atoms with Crippen molar-refractivity contribution in [2.75, 3.05) is 20.8 Å². The van der Waals surface area contributed by atoms with Crippen molar-refractivity contribution < 1.29 is 77.3 Å². The van der Waals surface area contributed by atoms with E-state index in [1.165, 1.54) is 7.11 Å². The molecule has 16 heteroatoms. The zero-order valence-corrected chi connectivity index (χ0v) is 34.0. The molecule has 0 spiro atoms. The summed E-state index contributed by atoms with van der Waals surface area (Å²) >= 11 is 0. The fourth-order valence-electron chi connectivity index (χ4n) is 11.0. The van der Waals surface area contributed by atoms with E-state index >= 15 is 0 Å². The Kier molecular flexibility index (Phi) is 11.7. The zero-order valence-electron chi connectivity index (χ0n) is 34.0. The number of ether oxygens (including phenoxy) is 11. The predicted octanol–water partition coefficient (Wildman–Crippen LogP) is 2.12. The molecule has 20 atom stereocenters. The predicted molar refractivity (Wildman–Crippen MR) is 196 cm³/mol. The van der Waals surface area contributed by atoms with E-state index < -0.39 is 115 Å². The summed E-state index contributed by atoms with van der Waals surface area (Å²) in [4.78, 5) is 13.8. The van der Waals surface area contributed by atoms with Crippen molar-refractivity contribution in [1.29, 1.82) is 0 Å². The van der Waals surface area contributed by atoms with Gasteiger partial charge in [0.15, 0.2) is 30.6 Å². The van der Waals surface area contributed by atoms with Crippen molar-refractivity contribution in [1.82, 2.24) is 0 Å². The molecule has 2 aliphatic carbocycles. The van der Waals surface area contributed by atoms with Gasteiger partial charge in [-0.2, -0.15) is 0 Å². The van der Waals surface area contributed by atoms with Gasteiger partial charge in [-0.05, 0) is 64.2 Å². The van der Waals surface area contributed by atoms with Gasteiger partial charge in [-0.3, -0.25) is 4.79 Å². The smallest absolute Gasteiger partial charge is 0.310 e. The van der Waals surface area contributed by atoms with Crippen molar-refractivity contribution >= 4 is 5.97 Å². The van der Waals surface area contributed by atoms with Crippen LogP contribution in [-0.4, -0.2) is 151 Å². The second-order valence-corrected chi connectivity index (χ2v) is 17.8. The average Bonchev–Trinajstić information content (AvgIpc) is 3.58. The van der Waals surface area contributed by atoms with Gasteiger partial charge in [-0.25, -0.2) is 0 Å². The van der Waals surface area contributed by atoms with Gasteiger partial charge in [-0.15, -0.1) is 0 Å². The lowest BCUT2D eigenvalue weighted by Crippen LogP contribution is -2.57. The van der Waals surface area contributed by atoms with Gasteiger partial charge in [0.25, 0.3) is 0 Å². The maximum absolute atomic E-state index is 13.8. The molecule has 0 bridgehead atoms. The highest BCUT2D eigenvalue weighted by Gasteiger charge is 2.68. The number of hydrogen-bond acceptors (Lipinski definition) is 16. The number of carbonyl (C=O) groups is 1.